The SMILES string of the molecule is CCC1(C(=O)NC(C)c2ccccc2Cl)CCNC1. The molecule has 0 saturated carbocycles. The molecule has 19 heavy (non-hydrogen) atoms. The quantitative estimate of drug-likeness (QED) is 0.890. The Balaban J connectivity index is 2.08. The summed E-state index contributed by atoms with van der Waals surface area (Å²) in [6.07, 6.45) is 1.77. The summed E-state index contributed by atoms with van der Waals surface area (Å²) < 4.78 is 0. The van der Waals surface area contributed by atoms with E-state index in [0.717, 1.165) is 31.5 Å². The van der Waals surface area contributed by atoms with E-state index in [-0.39, 0.29) is 17.4 Å². The molecule has 0 aromatic heterocycles. The molecule has 1 amide bonds. The Bertz CT molecular complexity index is 455. The fourth-order valence-corrected chi connectivity index (χ4v) is 2.95. The number of carbonyl (C=O) groups excluding carboxylic acids is 1. The second kappa shape index (κ2) is 5.93. The van der Waals surface area contributed by atoms with Gasteiger partial charge in [-0.2, -0.15) is 0 Å². The number of benzene rings is 1. The van der Waals surface area contributed by atoms with Crippen LogP contribution in [0.2, 0.25) is 5.02 Å². The predicted octanol–water partition coefficient (Wildman–Crippen LogP) is 2.91. The van der Waals surface area contributed by atoms with Gasteiger partial charge in [0, 0.05) is 11.6 Å². The summed E-state index contributed by atoms with van der Waals surface area (Å²) in [7, 11) is 0. The molecule has 2 N–H and O–H groups in total. The lowest BCUT2D eigenvalue weighted by Crippen LogP contribution is -2.43. The second-order valence-electron chi connectivity index (χ2n) is 5.28. The highest BCUT2D eigenvalue weighted by Crippen LogP contribution is 2.31. The van der Waals surface area contributed by atoms with Crippen LogP contribution in [0.1, 0.15) is 38.3 Å². The van der Waals surface area contributed by atoms with Gasteiger partial charge >= 0.3 is 0 Å². The van der Waals surface area contributed by atoms with Crippen molar-refractivity contribution in [1.29, 1.82) is 0 Å². The Hall–Kier alpha value is -1.06. The second-order valence-corrected chi connectivity index (χ2v) is 5.68. The third kappa shape index (κ3) is 2.93. The predicted molar refractivity (Wildman–Crippen MR) is 78.2 cm³/mol. The number of carbonyl (C=O) groups is 1. The number of rotatable bonds is 4. The maximum absolute atomic E-state index is 12.5. The maximum Gasteiger partial charge on any atom is 0.228 e. The highest BCUT2D eigenvalue weighted by atomic mass is 35.5. The standard InChI is InChI=1S/C15H21ClN2O/c1-3-15(8-9-17-10-15)14(19)18-11(2)12-6-4-5-7-13(12)16/h4-7,11,17H,3,8-10H2,1-2H3,(H,18,19). The van der Waals surface area contributed by atoms with Crippen molar-refractivity contribution < 1.29 is 4.79 Å². The smallest absolute Gasteiger partial charge is 0.228 e. The summed E-state index contributed by atoms with van der Waals surface area (Å²) in [5.41, 5.74) is 0.713. The molecule has 4 heteroatoms. The van der Waals surface area contributed by atoms with Gasteiger partial charge in [0.05, 0.1) is 11.5 Å². The van der Waals surface area contributed by atoms with Gasteiger partial charge in [0.2, 0.25) is 5.91 Å². The lowest BCUT2D eigenvalue weighted by molar-refractivity contribution is -0.131. The first-order valence-corrected chi connectivity index (χ1v) is 7.23. The van der Waals surface area contributed by atoms with Crippen LogP contribution >= 0.6 is 11.6 Å². The summed E-state index contributed by atoms with van der Waals surface area (Å²) >= 11 is 6.17. The van der Waals surface area contributed by atoms with Crippen molar-refractivity contribution in [1.82, 2.24) is 10.6 Å². The summed E-state index contributed by atoms with van der Waals surface area (Å²) in [4.78, 5) is 12.5. The molecule has 1 heterocycles. The molecular formula is C15H21ClN2O. The molecule has 0 bridgehead atoms. The topological polar surface area (TPSA) is 41.1 Å². The van der Waals surface area contributed by atoms with Crippen LogP contribution in [0.25, 0.3) is 0 Å². The van der Waals surface area contributed by atoms with E-state index >= 15 is 0 Å². The van der Waals surface area contributed by atoms with Gasteiger partial charge in [-0.05, 0) is 37.9 Å². The molecule has 0 radical (unpaired) electrons. The number of hydrogen-bond acceptors (Lipinski definition) is 2. The first-order valence-electron chi connectivity index (χ1n) is 6.85. The Kier molecular flexibility index (Phi) is 4.48. The molecule has 3 nitrogen and oxygen atoms in total. The Labute approximate surface area is 119 Å². The maximum atomic E-state index is 12.5. The third-order valence-corrected chi connectivity index (χ3v) is 4.47. The number of halogens is 1. The highest BCUT2D eigenvalue weighted by molar-refractivity contribution is 6.31. The van der Waals surface area contributed by atoms with Gasteiger partial charge in [-0.3, -0.25) is 4.79 Å². The number of amides is 1. The molecule has 1 saturated heterocycles. The Morgan fingerprint density at radius 3 is 2.84 bits per heavy atom. The molecule has 2 atom stereocenters. The average Bonchev–Trinajstić information content (AvgIpc) is 2.89. The van der Waals surface area contributed by atoms with Crippen LogP contribution in [0.3, 0.4) is 0 Å². The highest BCUT2D eigenvalue weighted by Gasteiger charge is 2.39. The van der Waals surface area contributed by atoms with Crippen LogP contribution in [-0.4, -0.2) is 19.0 Å². The number of hydrogen-bond donors (Lipinski definition) is 2. The van der Waals surface area contributed by atoms with Gasteiger partial charge < -0.3 is 10.6 Å². The number of nitrogens with one attached hydrogen (secondary N) is 2. The Morgan fingerprint density at radius 1 is 1.53 bits per heavy atom. The molecule has 1 aromatic carbocycles. The average molecular weight is 281 g/mol. The lowest BCUT2D eigenvalue weighted by Gasteiger charge is -2.27. The normalized spacial score (nSPS) is 24.2. The molecule has 2 unspecified atom stereocenters. The van der Waals surface area contributed by atoms with E-state index in [1.807, 2.05) is 31.2 Å². The van der Waals surface area contributed by atoms with Crippen molar-refractivity contribution in [3.05, 3.63) is 34.9 Å². The van der Waals surface area contributed by atoms with Crippen molar-refractivity contribution >= 4 is 17.5 Å². The van der Waals surface area contributed by atoms with E-state index in [0.29, 0.717) is 5.02 Å². The zero-order valence-electron chi connectivity index (χ0n) is 11.5. The van der Waals surface area contributed by atoms with Crippen molar-refractivity contribution in [2.24, 2.45) is 5.41 Å². The van der Waals surface area contributed by atoms with Crippen LogP contribution in [0.5, 0.6) is 0 Å². The van der Waals surface area contributed by atoms with Gasteiger partial charge in [-0.15, -0.1) is 0 Å². The van der Waals surface area contributed by atoms with Crippen molar-refractivity contribution in [2.45, 2.75) is 32.7 Å². The molecular weight excluding hydrogens is 260 g/mol. The third-order valence-electron chi connectivity index (χ3n) is 4.12. The van der Waals surface area contributed by atoms with E-state index in [1.165, 1.54) is 0 Å². The lowest BCUT2D eigenvalue weighted by atomic mass is 9.83. The van der Waals surface area contributed by atoms with E-state index in [9.17, 15) is 4.79 Å². The molecule has 104 valence electrons. The van der Waals surface area contributed by atoms with Gasteiger partial charge in [0.25, 0.3) is 0 Å². The fraction of sp³-hybridized carbons (Fsp3) is 0.533. The summed E-state index contributed by atoms with van der Waals surface area (Å²) in [5, 5.41) is 7.09. The summed E-state index contributed by atoms with van der Waals surface area (Å²) in [5.74, 6) is 0.132. The molecule has 2 rings (SSSR count). The van der Waals surface area contributed by atoms with Gasteiger partial charge in [0.1, 0.15) is 0 Å². The fourth-order valence-electron chi connectivity index (χ4n) is 2.65. The van der Waals surface area contributed by atoms with Crippen LogP contribution in [0.4, 0.5) is 0 Å². The molecule has 0 aliphatic carbocycles. The molecule has 1 aliphatic heterocycles. The van der Waals surface area contributed by atoms with Crippen molar-refractivity contribution in [3.8, 4) is 0 Å². The summed E-state index contributed by atoms with van der Waals surface area (Å²) in [6.45, 7) is 5.74. The first kappa shape index (κ1) is 14.4. The minimum atomic E-state index is -0.254. The van der Waals surface area contributed by atoms with E-state index in [2.05, 4.69) is 17.6 Å². The Morgan fingerprint density at radius 2 is 2.26 bits per heavy atom. The van der Waals surface area contributed by atoms with E-state index in [1.54, 1.807) is 0 Å². The van der Waals surface area contributed by atoms with Crippen LogP contribution < -0.4 is 10.6 Å². The minimum Gasteiger partial charge on any atom is -0.349 e. The molecule has 0 spiro atoms. The zero-order chi connectivity index (χ0) is 13.9. The van der Waals surface area contributed by atoms with Gasteiger partial charge in [0.15, 0.2) is 0 Å². The zero-order valence-corrected chi connectivity index (χ0v) is 12.3. The monoisotopic (exact) mass is 280 g/mol. The molecule has 1 aliphatic rings. The van der Waals surface area contributed by atoms with Crippen LogP contribution in [0.15, 0.2) is 24.3 Å². The van der Waals surface area contributed by atoms with Crippen molar-refractivity contribution in [2.75, 3.05) is 13.1 Å². The largest absolute Gasteiger partial charge is 0.349 e. The van der Waals surface area contributed by atoms with Crippen molar-refractivity contribution in [3.63, 3.8) is 0 Å². The van der Waals surface area contributed by atoms with Crippen LogP contribution in [-0.2, 0) is 4.79 Å². The van der Waals surface area contributed by atoms with Gasteiger partial charge in [-0.1, -0.05) is 36.7 Å². The van der Waals surface area contributed by atoms with Gasteiger partial charge in [-0.25, -0.2) is 0 Å². The minimum absolute atomic E-state index is 0.0646. The van der Waals surface area contributed by atoms with E-state index in [4.69, 9.17) is 11.6 Å². The molecule has 1 aromatic rings. The first-order chi connectivity index (χ1) is 9.09. The van der Waals surface area contributed by atoms with Crippen LogP contribution in [0, 0.1) is 5.41 Å². The van der Waals surface area contributed by atoms with E-state index < -0.39 is 0 Å². The molecule has 1 fully saturated rings. The summed E-state index contributed by atoms with van der Waals surface area (Å²) in [6, 6.07) is 7.58.